The van der Waals surface area contributed by atoms with Crippen molar-refractivity contribution in [3.8, 4) is 0 Å². The number of halogens is 1. The van der Waals surface area contributed by atoms with Crippen LogP contribution >= 0.6 is 0 Å². The number of hydrogen-bond donors (Lipinski definition) is 0. The largest absolute Gasteiger partial charge is 0.383 e. The lowest BCUT2D eigenvalue weighted by Crippen LogP contribution is -2.06. The molecule has 0 aliphatic carbocycles. The van der Waals surface area contributed by atoms with Crippen molar-refractivity contribution >= 4 is 11.4 Å². The Labute approximate surface area is 104 Å². The van der Waals surface area contributed by atoms with E-state index in [0.29, 0.717) is 5.69 Å². The highest BCUT2D eigenvalue weighted by atomic mass is 19.1. The lowest BCUT2D eigenvalue weighted by atomic mass is 10.2. The predicted molar refractivity (Wildman–Crippen MR) is 67.0 cm³/mol. The summed E-state index contributed by atoms with van der Waals surface area (Å²) in [6, 6.07) is 2.97. The molecule has 0 spiro atoms. The number of pyridine rings is 1. The fourth-order valence-electron chi connectivity index (χ4n) is 1.70. The van der Waals surface area contributed by atoms with Gasteiger partial charge >= 0.3 is 0 Å². The van der Waals surface area contributed by atoms with Crippen LogP contribution < -0.4 is 0 Å². The number of ketones is 1. The van der Waals surface area contributed by atoms with Gasteiger partial charge in [-0.05, 0) is 19.1 Å². The number of carbonyl (C=O) groups is 1. The molecule has 2 aromatic rings. The van der Waals surface area contributed by atoms with Gasteiger partial charge in [-0.3, -0.25) is 9.20 Å². The summed E-state index contributed by atoms with van der Waals surface area (Å²) >= 11 is 0. The number of aryl methyl sites for hydroxylation is 1. The molecule has 0 radical (unpaired) electrons. The number of allylic oxidation sites excluding steroid dienone is 1. The Morgan fingerprint density at radius 3 is 2.83 bits per heavy atom. The first-order valence-corrected chi connectivity index (χ1v) is 5.52. The van der Waals surface area contributed by atoms with Crippen molar-refractivity contribution in [3.63, 3.8) is 0 Å². The molecule has 94 valence electrons. The standard InChI is InChI=1S/C13H14FN3O/c1-9-4-5-10(14)13-15-8-11(17(9)13)12(18)6-7-16(2)3/h4-8H,1-3H3. The van der Waals surface area contributed by atoms with Gasteiger partial charge in [-0.1, -0.05) is 0 Å². The van der Waals surface area contributed by atoms with E-state index in [4.69, 9.17) is 0 Å². The van der Waals surface area contributed by atoms with Crippen LogP contribution in [-0.4, -0.2) is 34.2 Å². The molecule has 2 rings (SSSR count). The third-order valence-corrected chi connectivity index (χ3v) is 2.58. The number of carbonyl (C=O) groups excluding carboxylic acids is 1. The maximum absolute atomic E-state index is 13.5. The van der Waals surface area contributed by atoms with E-state index < -0.39 is 5.82 Å². The third-order valence-electron chi connectivity index (χ3n) is 2.58. The molecule has 0 atom stereocenters. The predicted octanol–water partition coefficient (Wildman–Crippen LogP) is 2.04. The molecular weight excluding hydrogens is 233 g/mol. The van der Waals surface area contributed by atoms with Gasteiger partial charge in [0, 0.05) is 32.1 Å². The van der Waals surface area contributed by atoms with Crippen LogP contribution in [0.25, 0.3) is 5.65 Å². The molecule has 0 aromatic carbocycles. The van der Waals surface area contributed by atoms with Crippen LogP contribution in [-0.2, 0) is 0 Å². The van der Waals surface area contributed by atoms with Gasteiger partial charge in [0.25, 0.3) is 0 Å². The van der Waals surface area contributed by atoms with E-state index in [0.717, 1.165) is 5.69 Å². The second kappa shape index (κ2) is 4.60. The molecule has 0 aliphatic rings. The van der Waals surface area contributed by atoms with E-state index in [1.54, 1.807) is 24.1 Å². The van der Waals surface area contributed by atoms with E-state index in [9.17, 15) is 9.18 Å². The summed E-state index contributed by atoms with van der Waals surface area (Å²) in [6.07, 6.45) is 4.48. The maximum atomic E-state index is 13.5. The summed E-state index contributed by atoms with van der Waals surface area (Å²) in [7, 11) is 3.65. The van der Waals surface area contributed by atoms with E-state index in [2.05, 4.69) is 4.98 Å². The smallest absolute Gasteiger partial charge is 0.205 e. The van der Waals surface area contributed by atoms with Crippen molar-refractivity contribution in [2.45, 2.75) is 6.92 Å². The zero-order valence-electron chi connectivity index (χ0n) is 10.5. The maximum Gasteiger partial charge on any atom is 0.205 e. The quantitative estimate of drug-likeness (QED) is 0.615. The summed E-state index contributed by atoms with van der Waals surface area (Å²) in [4.78, 5) is 17.7. The molecule has 0 bridgehead atoms. The minimum absolute atomic E-state index is 0.177. The SMILES string of the molecule is Cc1ccc(F)c2ncc(C(=O)C=CN(C)C)n12. The number of rotatable bonds is 3. The first-order valence-electron chi connectivity index (χ1n) is 5.52. The average molecular weight is 247 g/mol. The van der Waals surface area contributed by atoms with Crippen LogP contribution in [0.3, 0.4) is 0 Å². The fraction of sp³-hybridized carbons (Fsp3) is 0.231. The second-order valence-electron chi connectivity index (χ2n) is 4.27. The van der Waals surface area contributed by atoms with Crippen LogP contribution in [0.5, 0.6) is 0 Å². The molecular formula is C13H14FN3O. The summed E-state index contributed by atoms with van der Waals surface area (Å²) < 4.78 is 15.1. The van der Waals surface area contributed by atoms with Gasteiger partial charge in [0.1, 0.15) is 5.69 Å². The summed E-state index contributed by atoms with van der Waals surface area (Å²) in [5.41, 5.74) is 1.31. The van der Waals surface area contributed by atoms with Crippen molar-refractivity contribution in [1.82, 2.24) is 14.3 Å². The molecule has 0 amide bonds. The zero-order valence-corrected chi connectivity index (χ0v) is 10.5. The van der Waals surface area contributed by atoms with E-state index >= 15 is 0 Å². The van der Waals surface area contributed by atoms with Gasteiger partial charge in [0.05, 0.1) is 6.20 Å². The molecule has 0 unspecified atom stereocenters. The molecule has 0 N–H and O–H groups in total. The Hall–Kier alpha value is -2.17. The molecule has 5 heteroatoms. The molecule has 2 aromatic heterocycles. The van der Waals surface area contributed by atoms with Crippen molar-refractivity contribution < 1.29 is 9.18 Å². The number of fused-ring (bicyclic) bond motifs is 1. The van der Waals surface area contributed by atoms with E-state index in [1.807, 2.05) is 14.1 Å². The number of imidazole rings is 1. The Morgan fingerprint density at radius 1 is 1.44 bits per heavy atom. The molecule has 2 heterocycles. The minimum atomic E-state index is -0.434. The Bertz CT molecular complexity index is 628. The van der Waals surface area contributed by atoms with Gasteiger partial charge in [-0.15, -0.1) is 0 Å². The Balaban J connectivity index is 2.53. The highest BCUT2D eigenvalue weighted by Gasteiger charge is 2.13. The first kappa shape index (κ1) is 12.3. The average Bonchev–Trinajstić information content (AvgIpc) is 2.76. The lowest BCUT2D eigenvalue weighted by molar-refractivity contribution is 0.104. The first-order chi connectivity index (χ1) is 8.50. The van der Waals surface area contributed by atoms with Crippen LogP contribution in [0.15, 0.2) is 30.6 Å². The van der Waals surface area contributed by atoms with Gasteiger partial charge in [-0.25, -0.2) is 9.37 Å². The summed E-state index contributed by atoms with van der Waals surface area (Å²) in [5.74, 6) is -0.638. The molecule has 0 saturated carbocycles. The Morgan fingerprint density at radius 2 is 2.17 bits per heavy atom. The van der Waals surface area contributed by atoms with Crippen LogP contribution in [0.4, 0.5) is 4.39 Å². The number of nitrogens with zero attached hydrogens (tertiary/aromatic N) is 3. The zero-order chi connectivity index (χ0) is 13.3. The fourth-order valence-corrected chi connectivity index (χ4v) is 1.70. The second-order valence-corrected chi connectivity index (χ2v) is 4.27. The van der Waals surface area contributed by atoms with E-state index in [-0.39, 0.29) is 11.4 Å². The minimum Gasteiger partial charge on any atom is -0.383 e. The normalized spacial score (nSPS) is 11.3. The molecule has 18 heavy (non-hydrogen) atoms. The van der Waals surface area contributed by atoms with Crippen molar-refractivity contribution in [2.24, 2.45) is 0 Å². The van der Waals surface area contributed by atoms with Crippen LogP contribution in [0.2, 0.25) is 0 Å². The van der Waals surface area contributed by atoms with E-state index in [1.165, 1.54) is 22.7 Å². The number of hydrogen-bond acceptors (Lipinski definition) is 3. The topological polar surface area (TPSA) is 37.6 Å². The van der Waals surface area contributed by atoms with Gasteiger partial charge < -0.3 is 4.90 Å². The third kappa shape index (κ3) is 2.11. The highest BCUT2D eigenvalue weighted by Crippen LogP contribution is 2.14. The van der Waals surface area contributed by atoms with Gasteiger partial charge in [0.2, 0.25) is 5.78 Å². The summed E-state index contributed by atoms with van der Waals surface area (Å²) in [5, 5.41) is 0. The van der Waals surface area contributed by atoms with Crippen molar-refractivity contribution in [1.29, 1.82) is 0 Å². The van der Waals surface area contributed by atoms with Gasteiger partial charge in [-0.2, -0.15) is 0 Å². The molecule has 0 saturated heterocycles. The van der Waals surface area contributed by atoms with Crippen molar-refractivity contribution in [2.75, 3.05) is 14.1 Å². The molecule has 0 fully saturated rings. The molecule has 4 nitrogen and oxygen atoms in total. The Kier molecular flexibility index (Phi) is 3.14. The van der Waals surface area contributed by atoms with Crippen LogP contribution in [0, 0.1) is 12.7 Å². The monoisotopic (exact) mass is 247 g/mol. The molecule has 0 aliphatic heterocycles. The van der Waals surface area contributed by atoms with Gasteiger partial charge in [0.15, 0.2) is 11.5 Å². The number of aromatic nitrogens is 2. The lowest BCUT2D eigenvalue weighted by Gasteiger charge is -2.05. The van der Waals surface area contributed by atoms with Crippen LogP contribution in [0.1, 0.15) is 16.2 Å². The summed E-state index contributed by atoms with van der Waals surface area (Å²) in [6.45, 7) is 1.81. The van der Waals surface area contributed by atoms with Crippen molar-refractivity contribution in [3.05, 3.63) is 47.8 Å². The highest BCUT2D eigenvalue weighted by molar-refractivity contribution is 6.03.